The van der Waals surface area contributed by atoms with E-state index in [1.807, 2.05) is 29.1 Å². The summed E-state index contributed by atoms with van der Waals surface area (Å²) in [7, 11) is 1.48. The first-order valence-corrected chi connectivity index (χ1v) is 8.40. The van der Waals surface area contributed by atoms with E-state index in [1.54, 1.807) is 24.3 Å². The predicted molar refractivity (Wildman–Crippen MR) is 102 cm³/mol. The molecule has 138 valence electrons. The van der Waals surface area contributed by atoms with Crippen LogP contribution in [0.15, 0.2) is 60.9 Å². The molecule has 1 aromatic heterocycles. The summed E-state index contributed by atoms with van der Waals surface area (Å²) in [6.45, 7) is 0.219. The second kappa shape index (κ2) is 7.92. The molecule has 2 aromatic carbocycles. The molecule has 1 N–H and O–H groups in total. The van der Waals surface area contributed by atoms with Crippen molar-refractivity contribution < 1.29 is 14.5 Å². The van der Waals surface area contributed by atoms with E-state index in [9.17, 15) is 14.9 Å². The van der Waals surface area contributed by atoms with Crippen LogP contribution in [0.2, 0.25) is 5.02 Å². The van der Waals surface area contributed by atoms with Crippen molar-refractivity contribution in [3.05, 3.63) is 87.2 Å². The molecule has 0 saturated heterocycles. The van der Waals surface area contributed by atoms with Gasteiger partial charge in [-0.15, -0.1) is 0 Å². The molecule has 3 rings (SSSR count). The van der Waals surface area contributed by atoms with Crippen LogP contribution in [0.25, 0.3) is 5.69 Å². The van der Waals surface area contributed by atoms with Gasteiger partial charge in [-0.2, -0.15) is 0 Å². The fourth-order valence-electron chi connectivity index (χ4n) is 2.60. The molecule has 7 nitrogen and oxygen atoms in total. The maximum atomic E-state index is 12.6. The van der Waals surface area contributed by atoms with Gasteiger partial charge in [0.2, 0.25) is 0 Å². The monoisotopic (exact) mass is 385 g/mol. The lowest BCUT2D eigenvalue weighted by Gasteiger charge is -2.13. The predicted octanol–water partition coefficient (Wildman–Crippen LogP) is 3.98. The number of methoxy groups -OCH3 is 1. The van der Waals surface area contributed by atoms with E-state index < -0.39 is 4.92 Å². The minimum Gasteiger partial charge on any atom is -0.496 e. The zero-order valence-electron chi connectivity index (χ0n) is 14.4. The SMILES string of the molecule is COc1cc(-n2cccc2)c(Cl)cc1C(=O)NCc1ccc([N+](=O)[O-])cc1. The highest BCUT2D eigenvalue weighted by molar-refractivity contribution is 6.33. The molecular weight excluding hydrogens is 370 g/mol. The zero-order chi connectivity index (χ0) is 19.4. The number of carbonyl (C=O) groups excluding carboxylic acids is 1. The summed E-state index contributed by atoms with van der Waals surface area (Å²) < 4.78 is 7.17. The minimum absolute atomic E-state index is 0.000807. The summed E-state index contributed by atoms with van der Waals surface area (Å²) in [4.78, 5) is 22.8. The fourth-order valence-corrected chi connectivity index (χ4v) is 2.86. The topological polar surface area (TPSA) is 86.4 Å². The molecule has 0 saturated carbocycles. The number of hydrogen-bond acceptors (Lipinski definition) is 4. The van der Waals surface area contributed by atoms with Gasteiger partial charge in [0.25, 0.3) is 11.6 Å². The molecule has 0 aliphatic rings. The van der Waals surface area contributed by atoms with Gasteiger partial charge in [-0.3, -0.25) is 14.9 Å². The normalized spacial score (nSPS) is 10.4. The number of nitro benzene ring substituents is 1. The van der Waals surface area contributed by atoms with Gasteiger partial charge in [0.05, 0.1) is 28.3 Å². The number of rotatable bonds is 6. The number of nitrogens with zero attached hydrogens (tertiary/aromatic N) is 2. The molecule has 8 heteroatoms. The number of nitrogens with one attached hydrogen (secondary N) is 1. The molecule has 1 amide bonds. The Kier molecular flexibility index (Phi) is 5.42. The van der Waals surface area contributed by atoms with Gasteiger partial charge in [0.1, 0.15) is 5.75 Å². The minimum atomic E-state index is -0.471. The van der Waals surface area contributed by atoms with Crippen molar-refractivity contribution in [3.63, 3.8) is 0 Å². The van der Waals surface area contributed by atoms with Crippen molar-refractivity contribution in [2.75, 3.05) is 7.11 Å². The molecule has 0 aliphatic carbocycles. The van der Waals surface area contributed by atoms with E-state index in [4.69, 9.17) is 16.3 Å². The standard InChI is InChI=1S/C19H16ClN3O4/c1-27-18-11-17(22-8-2-3-9-22)16(20)10-15(18)19(24)21-12-13-4-6-14(7-5-13)23(25)26/h2-11H,12H2,1H3,(H,21,24). The number of halogens is 1. The van der Waals surface area contributed by atoms with Crippen LogP contribution in [0.4, 0.5) is 5.69 Å². The Labute approximate surface area is 160 Å². The highest BCUT2D eigenvalue weighted by Gasteiger charge is 2.16. The fraction of sp³-hybridized carbons (Fsp3) is 0.105. The van der Waals surface area contributed by atoms with Crippen molar-refractivity contribution in [3.8, 4) is 11.4 Å². The molecule has 27 heavy (non-hydrogen) atoms. The van der Waals surface area contributed by atoms with Gasteiger partial charge in [0.15, 0.2) is 0 Å². The molecule has 1 heterocycles. The number of benzene rings is 2. The lowest BCUT2D eigenvalue weighted by molar-refractivity contribution is -0.384. The molecule has 0 radical (unpaired) electrons. The van der Waals surface area contributed by atoms with Crippen LogP contribution in [-0.2, 0) is 6.54 Å². The van der Waals surface area contributed by atoms with E-state index in [-0.39, 0.29) is 18.1 Å². The van der Waals surface area contributed by atoms with Crippen molar-refractivity contribution in [1.82, 2.24) is 9.88 Å². The summed E-state index contributed by atoms with van der Waals surface area (Å²) >= 11 is 6.34. The van der Waals surface area contributed by atoms with Crippen LogP contribution in [0.1, 0.15) is 15.9 Å². The number of non-ortho nitro benzene ring substituents is 1. The third kappa shape index (κ3) is 4.09. The molecule has 0 bridgehead atoms. The van der Waals surface area contributed by atoms with Crippen LogP contribution in [0.5, 0.6) is 5.75 Å². The van der Waals surface area contributed by atoms with Crippen LogP contribution in [-0.4, -0.2) is 22.5 Å². The Morgan fingerprint density at radius 3 is 2.48 bits per heavy atom. The van der Waals surface area contributed by atoms with E-state index in [2.05, 4.69) is 5.32 Å². The summed E-state index contributed by atoms with van der Waals surface area (Å²) in [5.74, 6) is 0.0375. The lowest BCUT2D eigenvalue weighted by atomic mass is 10.1. The first-order valence-electron chi connectivity index (χ1n) is 8.02. The Bertz CT molecular complexity index is 969. The van der Waals surface area contributed by atoms with E-state index in [0.29, 0.717) is 22.0 Å². The Balaban J connectivity index is 1.78. The van der Waals surface area contributed by atoms with Crippen molar-refractivity contribution in [2.45, 2.75) is 6.54 Å². The Hall–Kier alpha value is -3.32. The number of ether oxygens (including phenoxy) is 1. The van der Waals surface area contributed by atoms with Crippen LogP contribution >= 0.6 is 11.6 Å². The van der Waals surface area contributed by atoms with E-state index in [0.717, 1.165) is 5.56 Å². The molecule has 0 spiro atoms. The molecule has 3 aromatic rings. The zero-order valence-corrected chi connectivity index (χ0v) is 15.1. The smallest absolute Gasteiger partial charge is 0.269 e. The largest absolute Gasteiger partial charge is 0.496 e. The number of carbonyl (C=O) groups is 1. The second-order valence-electron chi connectivity index (χ2n) is 5.70. The first kappa shape index (κ1) is 18.5. The number of nitro groups is 1. The summed E-state index contributed by atoms with van der Waals surface area (Å²) in [6.07, 6.45) is 3.68. The Morgan fingerprint density at radius 2 is 1.89 bits per heavy atom. The van der Waals surface area contributed by atoms with Gasteiger partial charge in [-0.05, 0) is 23.8 Å². The maximum absolute atomic E-state index is 12.6. The van der Waals surface area contributed by atoms with Gasteiger partial charge in [-0.1, -0.05) is 23.7 Å². The maximum Gasteiger partial charge on any atom is 0.269 e. The Morgan fingerprint density at radius 1 is 1.22 bits per heavy atom. The molecule has 0 fully saturated rings. The molecular formula is C19H16ClN3O4. The number of amides is 1. The summed E-state index contributed by atoms with van der Waals surface area (Å²) in [5, 5.41) is 13.9. The van der Waals surface area contributed by atoms with Crippen LogP contribution in [0.3, 0.4) is 0 Å². The highest BCUT2D eigenvalue weighted by Crippen LogP contribution is 2.30. The van der Waals surface area contributed by atoms with E-state index in [1.165, 1.54) is 19.2 Å². The molecule has 0 atom stereocenters. The molecule has 0 aliphatic heterocycles. The third-order valence-electron chi connectivity index (χ3n) is 4.00. The number of aromatic nitrogens is 1. The number of hydrogen-bond donors (Lipinski definition) is 1. The van der Waals surface area contributed by atoms with Gasteiger partial charge < -0.3 is 14.6 Å². The summed E-state index contributed by atoms with van der Waals surface area (Å²) in [6, 6.07) is 13.0. The van der Waals surface area contributed by atoms with Crippen molar-refractivity contribution >= 4 is 23.2 Å². The quantitative estimate of drug-likeness (QED) is 0.513. The first-order chi connectivity index (χ1) is 13.0. The second-order valence-corrected chi connectivity index (χ2v) is 6.11. The van der Waals surface area contributed by atoms with Gasteiger partial charge in [0, 0.05) is 37.1 Å². The van der Waals surface area contributed by atoms with E-state index >= 15 is 0 Å². The average molecular weight is 386 g/mol. The lowest BCUT2D eigenvalue weighted by Crippen LogP contribution is -2.23. The van der Waals surface area contributed by atoms with Crippen LogP contribution < -0.4 is 10.1 Å². The third-order valence-corrected chi connectivity index (χ3v) is 4.30. The summed E-state index contributed by atoms with van der Waals surface area (Å²) in [5.41, 5.74) is 1.74. The molecule has 0 unspecified atom stereocenters. The average Bonchev–Trinajstić information content (AvgIpc) is 3.20. The van der Waals surface area contributed by atoms with Gasteiger partial charge >= 0.3 is 0 Å². The highest BCUT2D eigenvalue weighted by atomic mass is 35.5. The van der Waals surface area contributed by atoms with Crippen LogP contribution in [0, 0.1) is 10.1 Å². The van der Waals surface area contributed by atoms with Crippen molar-refractivity contribution in [2.24, 2.45) is 0 Å². The van der Waals surface area contributed by atoms with Crippen molar-refractivity contribution in [1.29, 1.82) is 0 Å². The van der Waals surface area contributed by atoms with Gasteiger partial charge in [-0.25, -0.2) is 0 Å².